The molecule has 0 aliphatic heterocycles. The Morgan fingerprint density at radius 2 is 1.89 bits per heavy atom. The van der Waals surface area contributed by atoms with Crippen molar-refractivity contribution in [1.82, 2.24) is 9.78 Å². The molecule has 0 saturated heterocycles. The van der Waals surface area contributed by atoms with Crippen LogP contribution in [0.15, 0.2) is 36.5 Å². The highest BCUT2D eigenvalue weighted by Crippen LogP contribution is 2.24. The minimum Gasteiger partial charge on any atom is -0.298 e. The number of hydrogen-bond acceptors (Lipinski definition) is 2. The summed E-state index contributed by atoms with van der Waals surface area (Å²) in [6, 6.07) is 10.2. The number of aldehydes is 1. The van der Waals surface area contributed by atoms with E-state index in [0.717, 1.165) is 30.4 Å². The lowest BCUT2D eigenvalue weighted by Crippen LogP contribution is -2.03. The van der Waals surface area contributed by atoms with E-state index in [1.165, 1.54) is 5.56 Å². The Morgan fingerprint density at radius 3 is 2.47 bits per heavy atom. The van der Waals surface area contributed by atoms with Crippen LogP contribution in [-0.2, 0) is 6.54 Å². The van der Waals surface area contributed by atoms with Crippen molar-refractivity contribution >= 4 is 6.29 Å². The van der Waals surface area contributed by atoms with Crippen LogP contribution in [0.1, 0.15) is 54.2 Å². The second-order valence-electron chi connectivity index (χ2n) is 4.78. The van der Waals surface area contributed by atoms with Crippen molar-refractivity contribution in [3.8, 4) is 0 Å². The monoisotopic (exact) mass is 256 g/mol. The van der Waals surface area contributed by atoms with Gasteiger partial charge in [0, 0.05) is 12.1 Å². The predicted molar refractivity (Wildman–Crippen MR) is 76.5 cm³/mol. The van der Waals surface area contributed by atoms with Gasteiger partial charge in [0.2, 0.25) is 0 Å². The van der Waals surface area contributed by atoms with Crippen molar-refractivity contribution < 1.29 is 4.79 Å². The normalized spacial score (nSPS) is 10.9. The molecule has 1 aromatic heterocycles. The number of aromatic nitrogens is 2. The van der Waals surface area contributed by atoms with E-state index in [9.17, 15) is 4.79 Å². The Bertz CT molecular complexity index is 527. The van der Waals surface area contributed by atoms with Gasteiger partial charge in [-0.15, -0.1) is 0 Å². The topological polar surface area (TPSA) is 34.9 Å². The highest BCUT2D eigenvalue weighted by atomic mass is 16.1. The van der Waals surface area contributed by atoms with Crippen molar-refractivity contribution in [2.24, 2.45) is 0 Å². The molecule has 0 N–H and O–H groups in total. The summed E-state index contributed by atoms with van der Waals surface area (Å²) in [5.41, 5.74) is 2.86. The van der Waals surface area contributed by atoms with Gasteiger partial charge in [-0.2, -0.15) is 5.10 Å². The summed E-state index contributed by atoms with van der Waals surface area (Å²) in [6.07, 6.45) is 4.80. The third-order valence-electron chi connectivity index (χ3n) is 3.51. The minimum atomic E-state index is 0.372. The summed E-state index contributed by atoms with van der Waals surface area (Å²) in [6.45, 7) is 4.99. The Kier molecular flexibility index (Phi) is 4.50. The lowest BCUT2D eigenvalue weighted by Gasteiger charge is -2.09. The maximum absolute atomic E-state index is 11.2. The zero-order valence-corrected chi connectivity index (χ0v) is 11.5. The van der Waals surface area contributed by atoms with Crippen molar-refractivity contribution in [3.63, 3.8) is 0 Å². The van der Waals surface area contributed by atoms with Crippen LogP contribution in [0.25, 0.3) is 0 Å². The van der Waals surface area contributed by atoms with Gasteiger partial charge in [0.05, 0.1) is 17.8 Å². The molecule has 0 radical (unpaired) electrons. The van der Waals surface area contributed by atoms with E-state index in [0.29, 0.717) is 12.5 Å². The van der Waals surface area contributed by atoms with E-state index in [1.54, 1.807) is 0 Å². The van der Waals surface area contributed by atoms with Gasteiger partial charge in [-0.05, 0) is 18.4 Å². The van der Waals surface area contributed by atoms with E-state index in [4.69, 9.17) is 0 Å². The zero-order valence-electron chi connectivity index (χ0n) is 11.5. The maximum Gasteiger partial charge on any atom is 0.153 e. The lowest BCUT2D eigenvalue weighted by atomic mass is 9.97. The average molecular weight is 256 g/mol. The Balaban J connectivity index is 2.26. The van der Waals surface area contributed by atoms with E-state index in [1.807, 2.05) is 29.1 Å². The van der Waals surface area contributed by atoms with Crippen LogP contribution in [0.5, 0.6) is 0 Å². The van der Waals surface area contributed by atoms with Crippen molar-refractivity contribution in [3.05, 3.63) is 53.3 Å². The second kappa shape index (κ2) is 6.32. The second-order valence-corrected chi connectivity index (χ2v) is 4.78. The number of rotatable bonds is 6. The summed E-state index contributed by atoms with van der Waals surface area (Å²) < 4.78 is 1.87. The van der Waals surface area contributed by atoms with Crippen molar-refractivity contribution in [2.45, 2.75) is 39.2 Å². The van der Waals surface area contributed by atoms with E-state index < -0.39 is 0 Å². The molecule has 0 atom stereocenters. The molecule has 2 aromatic rings. The maximum atomic E-state index is 11.2. The van der Waals surface area contributed by atoms with Gasteiger partial charge >= 0.3 is 0 Å². The fourth-order valence-electron chi connectivity index (χ4n) is 2.39. The van der Waals surface area contributed by atoms with Crippen LogP contribution in [-0.4, -0.2) is 16.1 Å². The van der Waals surface area contributed by atoms with Crippen LogP contribution in [0.2, 0.25) is 0 Å². The zero-order chi connectivity index (χ0) is 13.7. The highest BCUT2D eigenvalue weighted by Gasteiger charge is 2.16. The molecule has 0 unspecified atom stereocenters. The molecule has 3 heteroatoms. The molecule has 0 aliphatic rings. The Labute approximate surface area is 114 Å². The molecule has 0 bridgehead atoms. The Hall–Kier alpha value is -1.90. The molecule has 100 valence electrons. The predicted octanol–water partition coefficient (Wildman–Crippen LogP) is 3.65. The summed E-state index contributed by atoms with van der Waals surface area (Å²) in [5.74, 6) is 0.372. The highest BCUT2D eigenvalue weighted by molar-refractivity contribution is 5.76. The van der Waals surface area contributed by atoms with Crippen LogP contribution in [0.3, 0.4) is 0 Å². The number of carbonyl (C=O) groups excluding carboxylic acids is 1. The average Bonchev–Trinajstić information content (AvgIpc) is 2.84. The summed E-state index contributed by atoms with van der Waals surface area (Å²) in [7, 11) is 0. The molecule has 19 heavy (non-hydrogen) atoms. The van der Waals surface area contributed by atoms with E-state index in [2.05, 4.69) is 31.1 Å². The Morgan fingerprint density at radius 1 is 1.21 bits per heavy atom. The van der Waals surface area contributed by atoms with Gasteiger partial charge < -0.3 is 0 Å². The van der Waals surface area contributed by atoms with Gasteiger partial charge in [0.1, 0.15) is 0 Å². The molecular weight excluding hydrogens is 236 g/mol. The summed E-state index contributed by atoms with van der Waals surface area (Å²) in [5, 5.41) is 4.60. The first-order chi connectivity index (χ1) is 9.28. The van der Waals surface area contributed by atoms with Gasteiger partial charge in [0.25, 0.3) is 0 Å². The minimum absolute atomic E-state index is 0.372. The molecule has 0 amide bonds. The molecule has 0 fully saturated rings. The van der Waals surface area contributed by atoms with Crippen LogP contribution in [0, 0.1) is 0 Å². The number of carbonyl (C=O) groups is 1. The lowest BCUT2D eigenvalue weighted by molar-refractivity contribution is 0.112. The molecule has 0 aliphatic carbocycles. The first-order valence-electron chi connectivity index (χ1n) is 6.84. The first-order valence-corrected chi connectivity index (χ1v) is 6.84. The summed E-state index contributed by atoms with van der Waals surface area (Å²) in [4.78, 5) is 11.2. The number of benzene rings is 1. The molecule has 1 heterocycles. The molecule has 1 aromatic carbocycles. The third-order valence-corrected chi connectivity index (χ3v) is 3.51. The SMILES string of the molecule is CCC(CC)c1nn(Cc2ccccc2)cc1C=O. The van der Waals surface area contributed by atoms with E-state index >= 15 is 0 Å². The number of hydrogen-bond donors (Lipinski definition) is 0. The van der Waals surface area contributed by atoms with Gasteiger partial charge in [-0.25, -0.2) is 0 Å². The molecule has 0 saturated carbocycles. The third kappa shape index (κ3) is 3.11. The van der Waals surface area contributed by atoms with Crippen LogP contribution >= 0.6 is 0 Å². The first kappa shape index (κ1) is 13.5. The van der Waals surface area contributed by atoms with Gasteiger partial charge in [-0.3, -0.25) is 9.48 Å². The van der Waals surface area contributed by atoms with Crippen LogP contribution < -0.4 is 0 Å². The van der Waals surface area contributed by atoms with Crippen molar-refractivity contribution in [2.75, 3.05) is 0 Å². The quantitative estimate of drug-likeness (QED) is 0.739. The van der Waals surface area contributed by atoms with Crippen molar-refractivity contribution in [1.29, 1.82) is 0 Å². The number of nitrogens with zero attached hydrogens (tertiary/aromatic N) is 2. The molecule has 2 rings (SSSR count). The summed E-state index contributed by atoms with van der Waals surface area (Å²) >= 11 is 0. The fourth-order valence-corrected chi connectivity index (χ4v) is 2.39. The van der Waals surface area contributed by atoms with Gasteiger partial charge in [0.15, 0.2) is 6.29 Å². The smallest absolute Gasteiger partial charge is 0.153 e. The largest absolute Gasteiger partial charge is 0.298 e. The van der Waals surface area contributed by atoms with Crippen LogP contribution in [0.4, 0.5) is 0 Å². The fraction of sp³-hybridized carbons (Fsp3) is 0.375. The van der Waals surface area contributed by atoms with E-state index in [-0.39, 0.29) is 0 Å². The van der Waals surface area contributed by atoms with Gasteiger partial charge in [-0.1, -0.05) is 44.2 Å². The molecule has 0 spiro atoms. The molecular formula is C16H20N2O. The standard InChI is InChI=1S/C16H20N2O/c1-3-14(4-2)16-15(12-19)11-18(17-16)10-13-8-6-5-7-9-13/h5-9,11-12,14H,3-4,10H2,1-2H3. The molecule has 3 nitrogen and oxygen atoms in total.